The van der Waals surface area contributed by atoms with Crippen molar-refractivity contribution in [2.24, 2.45) is 0 Å². The van der Waals surface area contributed by atoms with E-state index in [2.05, 4.69) is 15.0 Å². The van der Waals surface area contributed by atoms with Gasteiger partial charge in [0.2, 0.25) is 11.9 Å². The molecule has 2 rings (SSSR count). The molecule has 17 heavy (non-hydrogen) atoms. The van der Waals surface area contributed by atoms with E-state index in [9.17, 15) is 4.39 Å². The van der Waals surface area contributed by atoms with E-state index in [1.165, 1.54) is 25.3 Å². The van der Waals surface area contributed by atoms with E-state index >= 15 is 0 Å². The van der Waals surface area contributed by atoms with Crippen molar-refractivity contribution < 1.29 is 9.13 Å². The molecule has 0 saturated carbocycles. The third-order valence-corrected chi connectivity index (χ3v) is 2.07. The lowest BCUT2D eigenvalue weighted by molar-refractivity contribution is 0.415. The van der Waals surface area contributed by atoms with Crippen molar-refractivity contribution in [1.82, 2.24) is 15.0 Å². The van der Waals surface area contributed by atoms with E-state index in [1.807, 2.05) is 0 Å². The van der Waals surface area contributed by atoms with Crippen molar-refractivity contribution >= 4 is 11.9 Å². The number of anilines is 2. The Morgan fingerprint density at radius 1 is 1.12 bits per heavy atom. The average Bonchev–Trinajstić information content (AvgIpc) is 2.27. The zero-order valence-corrected chi connectivity index (χ0v) is 9.01. The predicted octanol–water partition coefficient (Wildman–Crippen LogP) is 0.851. The summed E-state index contributed by atoms with van der Waals surface area (Å²) in [4.78, 5) is 11.4. The minimum atomic E-state index is -0.432. The van der Waals surface area contributed by atoms with Crippen molar-refractivity contribution in [1.29, 1.82) is 0 Å². The van der Waals surface area contributed by atoms with Gasteiger partial charge in [-0.1, -0.05) is 0 Å². The second-order valence-corrected chi connectivity index (χ2v) is 3.22. The molecule has 0 bridgehead atoms. The van der Waals surface area contributed by atoms with Crippen LogP contribution in [-0.4, -0.2) is 22.1 Å². The fourth-order valence-electron chi connectivity index (χ4n) is 1.38. The molecule has 7 heteroatoms. The normalized spacial score (nSPS) is 10.2. The number of rotatable bonds is 2. The van der Waals surface area contributed by atoms with Gasteiger partial charge in [-0.05, 0) is 18.2 Å². The van der Waals surface area contributed by atoms with E-state index < -0.39 is 5.82 Å². The largest absolute Gasteiger partial charge is 0.496 e. The summed E-state index contributed by atoms with van der Waals surface area (Å²) in [6.07, 6.45) is 0. The zero-order valence-electron chi connectivity index (χ0n) is 9.01. The summed E-state index contributed by atoms with van der Waals surface area (Å²) >= 11 is 0. The van der Waals surface area contributed by atoms with Crippen molar-refractivity contribution in [3.8, 4) is 17.1 Å². The zero-order chi connectivity index (χ0) is 12.4. The van der Waals surface area contributed by atoms with Crippen LogP contribution in [0.2, 0.25) is 0 Å². The highest BCUT2D eigenvalue weighted by atomic mass is 19.1. The number of nitrogen functional groups attached to an aromatic ring is 2. The minimum Gasteiger partial charge on any atom is -0.496 e. The molecule has 0 spiro atoms. The molecule has 0 fully saturated rings. The number of aromatic nitrogens is 3. The quantitative estimate of drug-likeness (QED) is 0.800. The second-order valence-electron chi connectivity index (χ2n) is 3.22. The summed E-state index contributed by atoms with van der Waals surface area (Å²) in [6, 6.07) is 3.99. The Kier molecular flexibility index (Phi) is 2.73. The van der Waals surface area contributed by atoms with Crippen LogP contribution >= 0.6 is 0 Å². The maximum atomic E-state index is 13.2. The summed E-state index contributed by atoms with van der Waals surface area (Å²) in [6.45, 7) is 0. The smallest absolute Gasteiger partial charge is 0.225 e. The molecule has 0 saturated heterocycles. The number of halogens is 1. The maximum absolute atomic E-state index is 13.2. The molecular formula is C10H10FN5O. The molecule has 88 valence electrons. The Bertz CT molecular complexity index is 540. The fraction of sp³-hybridized carbons (Fsp3) is 0.100. The molecule has 0 aliphatic heterocycles. The number of methoxy groups -OCH3 is 1. The number of hydrogen-bond acceptors (Lipinski definition) is 6. The Morgan fingerprint density at radius 3 is 2.35 bits per heavy atom. The summed E-state index contributed by atoms with van der Waals surface area (Å²) in [5, 5.41) is 0. The fourth-order valence-corrected chi connectivity index (χ4v) is 1.38. The van der Waals surface area contributed by atoms with Crippen molar-refractivity contribution in [2.75, 3.05) is 18.6 Å². The monoisotopic (exact) mass is 235 g/mol. The van der Waals surface area contributed by atoms with Crippen LogP contribution in [-0.2, 0) is 0 Å². The lowest BCUT2D eigenvalue weighted by Crippen LogP contribution is -2.05. The SMILES string of the molecule is COc1ccc(F)cc1-c1nc(N)nc(N)n1. The molecule has 0 unspecified atom stereocenters. The molecule has 1 aromatic carbocycles. The van der Waals surface area contributed by atoms with Crippen molar-refractivity contribution in [3.63, 3.8) is 0 Å². The lowest BCUT2D eigenvalue weighted by atomic mass is 10.2. The molecule has 0 atom stereocenters. The molecule has 4 N–H and O–H groups in total. The molecular weight excluding hydrogens is 225 g/mol. The second kappa shape index (κ2) is 4.20. The highest BCUT2D eigenvalue weighted by Crippen LogP contribution is 2.28. The van der Waals surface area contributed by atoms with E-state index in [4.69, 9.17) is 16.2 Å². The number of nitrogens with two attached hydrogens (primary N) is 2. The van der Waals surface area contributed by atoms with Gasteiger partial charge >= 0.3 is 0 Å². The van der Waals surface area contributed by atoms with Gasteiger partial charge in [0, 0.05) is 0 Å². The lowest BCUT2D eigenvalue weighted by Gasteiger charge is -2.07. The standard InChI is InChI=1S/C10H10FN5O/c1-17-7-3-2-5(11)4-6(7)8-14-9(12)16-10(13)15-8/h2-4H,1H3,(H4,12,13,14,15,16). The van der Waals surface area contributed by atoms with Crippen LogP contribution in [0.3, 0.4) is 0 Å². The van der Waals surface area contributed by atoms with Crippen molar-refractivity contribution in [2.45, 2.75) is 0 Å². The van der Waals surface area contributed by atoms with Crippen LogP contribution in [0.15, 0.2) is 18.2 Å². The summed E-state index contributed by atoms with van der Waals surface area (Å²) in [5.41, 5.74) is 11.3. The van der Waals surface area contributed by atoms with Gasteiger partial charge in [0.25, 0.3) is 0 Å². The van der Waals surface area contributed by atoms with Gasteiger partial charge in [0.15, 0.2) is 5.82 Å². The molecule has 1 heterocycles. The van der Waals surface area contributed by atoms with Gasteiger partial charge in [-0.3, -0.25) is 0 Å². The molecule has 6 nitrogen and oxygen atoms in total. The molecule has 1 aromatic heterocycles. The first-order valence-corrected chi connectivity index (χ1v) is 4.71. The first-order valence-electron chi connectivity index (χ1n) is 4.71. The maximum Gasteiger partial charge on any atom is 0.225 e. The third-order valence-electron chi connectivity index (χ3n) is 2.07. The van der Waals surface area contributed by atoms with Crippen LogP contribution in [0, 0.1) is 5.82 Å². The van der Waals surface area contributed by atoms with E-state index in [-0.39, 0.29) is 17.7 Å². The molecule has 0 radical (unpaired) electrons. The highest BCUT2D eigenvalue weighted by Gasteiger charge is 2.11. The minimum absolute atomic E-state index is 0.0289. The van der Waals surface area contributed by atoms with Gasteiger partial charge in [-0.25, -0.2) is 4.39 Å². The van der Waals surface area contributed by atoms with E-state index in [1.54, 1.807) is 0 Å². The first-order chi connectivity index (χ1) is 8.10. The topological polar surface area (TPSA) is 99.9 Å². The first kappa shape index (κ1) is 11.1. The Labute approximate surface area is 96.5 Å². The van der Waals surface area contributed by atoms with Crippen LogP contribution in [0.1, 0.15) is 0 Å². The summed E-state index contributed by atoms with van der Waals surface area (Å²) < 4.78 is 18.3. The molecule has 0 aliphatic carbocycles. The van der Waals surface area contributed by atoms with Gasteiger partial charge in [-0.2, -0.15) is 15.0 Å². The van der Waals surface area contributed by atoms with Gasteiger partial charge < -0.3 is 16.2 Å². The van der Waals surface area contributed by atoms with Crippen LogP contribution in [0.4, 0.5) is 16.3 Å². The Morgan fingerprint density at radius 2 is 1.76 bits per heavy atom. The highest BCUT2D eigenvalue weighted by molar-refractivity contribution is 5.65. The third kappa shape index (κ3) is 2.22. The molecule has 0 amide bonds. The number of ether oxygens (including phenoxy) is 1. The predicted molar refractivity (Wildman–Crippen MR) is 60.6 cm³/mol. The van der Waals surface area contributed by atoms with E-state index in [0.29, 0.717) is 11.3 Å². The van der Waals surface area contributed by atoms with Crippen LogP contribution in [0.5, 0.6) is 5.75 Å². The molecule has 2 aromatic rings. The number of benzene rings is 1. The summed E-state index contributed by atoms with van der Waals surface area (Å²) in [7, 11) is 1.46. The van der Waals surface area contributed by atoms with Crippen LogP contribution < -0.4 is 16.2 Å². The van der Waals surface area contributed by atoms with Crippen molar-refractivity contribution in [3.05, 3.63) is 24.0 Å². The molecule has 0 aliphatic rings. The Hall–Kier alpha value is -2.44. The number of hydrogen-bond donors (Lipinski definition) is 2. The average molecular weight is 235 g/mol. The number of nitrogens with zero attached hydrogens (tertiary/aromatic N) is 3. The Balaban J connectivity index is 2.62. The van der Waals surface area contributed by atoms with Gasteiger partial charge in [0.1, 0.15) is 11.6 Å². The van der Waals surface area contributed by atoms with E-state index in [0.717, 1.165) is 0 Å². The summed E-state index contributed by atoms with van der Waals surface area (Å²) in [5.74, 6) is 0.110. The van der Waals surface area contributed by atoms with Gasteiger partial charge in [0.05, 0.1) is 12.7 Å². The van der Waals surface area contributed by atoms with Gasteiger partial charge in [-0.15, -0.1) is 0 Å². The van der Waals surface area contributed by atoms with Crippen LogP contribution in [0.25, 0.3) is 11.4 Å².